The molecule has 3 nitrogen and oxygen atoms in total. The van der Waals surface area contributed by atoms with Crippen molar-refractivity contribution < 1.29 is 14.6 Å². The van der Waals surface area contributed by atoms with Crippen LogP contribution in [0, 0.1) is 0 Å². The van der Waals surface area contributed by atoms with Gasteiger partial charge in [0.25, 0.3) is 0 Å². The average Bonchev–Trinajstić information content (AvgIpc) is 3.43. The third-order valence-corrected chi connectivity index (χ3v) is 8.88. The van der Waals surface area contributed by atoms with Crippen molar-refractivity contribution in [3.63, 3.8) is 0 Å². The van der Waals surface area contributed by atoms with Crippen LogP contribution in [0.3, 0.4) is 0 Å². The Morgan fingerprint density at radius 1 is 0.523 bits per heavy atom. The molecule has 0 saturated carbocycles. The summed E-state index contributed by atoms with van der Waals surface area (Å²) in [6, 6.07) is 0. The van der Waals surface area contributed by atoms with Crippen LogP contribution in [0.1, 0.15) is 187 Å². The largest absolute Gasteiger partial charge is 0.396 e. The Labute approximate surface area is 275 Å². The van der Waals surface area contributed by atoms with Crippen molar-refractivity contribution in [1.82, 2.24) is 0 Å². The smallest absolute Gasteiger partial charge is 0.168 e. The fourth-order valence-corrected chi connectivity index (χ4v) is 6.06. The maximum absolute atomic E-state index is 9.40. The minimum atomic E-state index is -0.398. The van der Waals surface area contributed by atoms with Crippen LogP contribution in [-0.2, 0) is 9.47 Å². The molecule has 0 unspecified atom stereocenters. The second kappa shape index (κ2) is 31.8. The molecule has 1 saturated heterocycles. The van der Waals surface area contributed by atoms with Crippen molar-refractivity contribution in [2.24, 2.45) is 0 Å². The molecular weight excluding hydrogens is 540 g/mol. The number of ether oxygens (including phenoxy) is 2. The van der Waals surface area contributed by atoms with Gasteiger partial charge in [-0.05, 0) is 83.5 Å². The Bertz CT molecular complexity index is 659. The van der Waals surface area contributed by atoms with Crippen molar-refractivity contribution in [3.8, 4) is 0 Å². The number of allylic oxidation sites excluding steroid dienone is 8. The van der Waals surface area contributed by atoms with Gasteiger partial charge in [0.2, 0.25) is 0 Å². The van der Waals surface area contributed by atoms with Crippen LogP contribution in [0.4, 0.5) is 0 Å². The molecule has 44 heavy (non-hydrogen) atoms. The van der Waals surface area contributed by atoms with E-state index >= 15 is 0 Å². The lowest BCUT2D eigenvalue weighted by molar-refractivity contribution is -0.180. The third-order valence-electron chi connectivity index (χ3n) is 8.88. The monoisotopic (exact) mass is 615 g/mol. The van der Waals surface area contributed by atoms with Crippen LogP contribution in [0.25, 0.3) is 0 Å². The van der Waals surface area contributed by atoms with E-state index in [0.29, 0.717) is 13.0 Å². The average molecular weight is 615 g/mol. The lowest BCUT2D eigenvalue weighted by Gasteiger charge is -2.28. The zero-order valence-corrected chi connectivity index (χ0v) is 29.5. The van der Waals surface area contributed by atoms with Gasteiger partial charge in [0.05, 0.1) is 12.7 Å². The van der Waals surface area contributed by atoms with E-state index in [2.05, 4.69) is 62.5 Å². The van der Waals surface area contributed by atoms with Crippen LogP contribution in [0.5, 0.6) is 0 Å². The lowest BCUT2D eigenvalue weighted by Crippen LogP contribution is -2.31. The van der Waals surface area contributed by atoms with E-state index in [1.165, 1.54) is 141 Å². The molecule has 0 aromatic heterocycles. The first kappa shape index (κ1) is 40.9. The van der Waals surface area contributed by atoms with Crippen molar-refractivity contribution in [2.75, 3.05) is 13.2 Å². The zero-order chi connectivity index (χ0) is 31.7. The number of aliphatic hydroxyl groups excluding tert-OH is 1. The minimum absolute atomic E-state index is 0.0641. The summed E-state index contributed by atoms with van der Waals surface area (Å²) in [7, 11) is 0. The first-order chi connectivity index (χ1) is 21.8. The highest BCUT2D eigenvalue weighted by Gasteiger charge is 2.40. The molecule has 0 spiro atoms. The van der Waals surface area contributed by atoms with E-state index in [1.54, 1.807) is 0 Å². The second-order valence-electron chi connectivity index (χ2n) is 13.1. The Hall–Kier alpha value is -1.16. The molecule has 0 aromatic carbocycles. The Kier molecular flexibility index (Phi) is 29.5. The van der Waals surface area contributed by atoms with Crippen LogP contribution in [0.15, 0.2) is 48.6 Å². The third kappa shape index (κ3) is 25.1. The summed E-state index contributed by atoms with van der Waals surface area (Å²) < 4.78 is 12.7. The molecule has 1 heterocycles. The quantitative estimate of drug-likeness (QED) is 0.0605. The minimum Gasteiger partial charge on any atom is -0.396 e. The van der Waals surface area contributed by atoms with E-state index < -0.39 is 5.79 Å². The predicted molar refractivity (Wildman–Crippen MR) is 193 cm³/mol. The van der Waals surface area contributed by atoms with Gasteiger partial charge in [-0.15, -0.1) is 0 Å². The zero-order valence-electron chi connectivity index (χ0n) is 29.5. The predicted octanol–water partition coefficient (Wildman–Crippen LogP) is 12.9. The number of hydrogen-bond acceptors (Lipinski definition) is 3. The summed E-state index contributed by atoms with van der Waals surface area (Å²) >= 11 is 0. The van der Waals surface area contributed by atoms with E-state index in [9.17, 15) is 5.11 Å². The van der Waals surface area contributed by atoms with E-state index in [1.807, 2.05) is 0 Å². The van der Waals surface area contributed by atoms with Crippen LogP contribution in [-0.4, -0.2) is 30.2 Å². The van der Waals surface area contributed by atoms with Gasteiger partial charge in [0.1, 0.15) is 0 Å². The van der Waals surface area contributed by atoms with Crippen LogP contribution in [0.2, 0.25) is 0 Å². The normalized spacial score (nSPS) is 19.2. The topological polar surface area (TPSA) is 38.7 Å². The van der Waals surface area contributed by atoms with Gasteiger partial charge < -0.3 is 14.6 Å². The molecular formula is C41H74O3. The van der Waals surface area contributed by atoms with Crippen LogP contribution < -0.4 is 0 Å². The standard InChI is InChI=1S/C41H74O3/c1-3-5-7-9-11-13-15-17-19-21-23-25-27-29-31-33-36-41(43-39-40(44-41)35-38-42)37-34-32-30-28-26-24-22-20-18-16-14-12-10-8-6-4-2/h11-14,17-20,40,42H,3-10,15-16,21-39H2,1-2H3/t40-,41?/m0/s1. The summed E-state index contributed by atoms with van der Waals surface area (Å²) in [4.78, 5) is 0. The summed E-state index contributed by atoms with van der Waals surface area (Å²) in [5.41, 5.74) is 0. The molecule has 0 amide bonds. The van der Waals surface area contributed by atoms with Crippen molar-refractivity contribution in [3.05, 3.63) is 48.6 Å². The molecule has 0 bridgehead atoms. The molecule has 0 aliphatic carbocycles. The molecule has 1 atom stereocenters. The van der Waals surface area contributed by atoms with Gasteiger partial charge >= 0.3 is 0 Å². The summed E-state index contributed by atoms with van der Waals surface area (Å²) in [5.74, 6) is -0.398. The van der Waals surface area contributed by atoms with Crippen LogP contribution >= 0.6 is 0 Å². The summed E-state index contributed by atoms with van der Waals surface area (Å²) in [5, 5.41) is 9.40. The van der Waals surface area contributed by atoms with Gasteiger partial charge in [-0.1, -0.05) is 140 Å². The highest BCUT2D eigenvalue weighted by molar-refractivity contribution is 4.93. The lowest BCUT2D eigenvalue weighted by atomic mass is 9.98. The Morgan fingerprint density at radius 2 is 0.909 bits per heavy atom. The number of hydrogen-bond donors (Lipinski definition) is 1. The summed E-state index contributed by atoms with van der Waals surface area (Å²) in [6.45, 7) is 5.35. The molecule has 0 radical (unpaired) electrons. The fourth-order valence-electron chi connectivity index (χ4n) is 6.06. The first-order valence-electron chi connectivity index (χ1n) is 19.3. The molecule has 0 aromatic rings. The molecule has 1 N–H and O–H groups in total. The van der Waals surface area contributed by atoms with Crippen molar-refractivity contribution in [2.45, 2.75) is 199 Å². The maximum atomic E-state index is 9.40. The van der Waals surface area contributed by atoms with Gasteiger partial charge in [-0.25, -0.2) is 0 Å². The van der Waals surface area contributed by atoms with Crippen molar-refractivity contribution >= 4 is 0 Å². The molecule has 1 fully saturated rings. The molecule has 1 rings (SSSR count). The van der Waals surface area contributed by atoms with Gasteiger partial charge in [-0.2, -0.15) is 0 Å². The molecule has 1 aliphatic rings. The molecule has 1 aliphatic heterocycles. The maximum Gasteiger partial charge on any atom is 0.168 e. The van der Waals surface area contributed by atoms with Gasteiger partial charge in [0, 0.05) is 19.4 Å². The van der Waals surface area contributed by atoms with E-state index in [-0.39, 0.29) is 12.7 Å². The van der Waals surface area contributed by atoms with Gasteiger partial charge in [-0.3, -0.25) is 0 Å². The number of unbranched alkanes of at least 4 members (excludes halogenated alkanes) is 18. The van der Waals surface area contributed by atoms with E-state index in [4.69, 9.17) is 9.47 Å². The summed E-state index contributed by atoms with van der Waals surface area (Å²) in [6.07, 6.45) is 52.0. The number of aliphatic hydroxyl groups is 1. The molecule has 256 valence electrons. The Balaban J connectivity index is 2.08. The van der Waals surface area contributed by atoms with Gasteiger partial charge in [0.15, 0.2) is 5.79 Å². The number of rotatable bonds is 32. The Morgan fingerprint density at radius 3 is 1.32 bits per heavy atom. The highest BCUT2D eigenvalue weighted by atomic mass is 16.7. The molecule has 3 heteroatoms. The fraction of sp³-hybridized carbons (Fsp3) is 0.805. The SMILES string of the molecule is CCCCCC=CCC=CCCCCCCCCC1(CCCCCCCCC=CCC=CCCCCC)OC[C@H](CCO)O1. The van der Waals surface area contributed by atoms with Crippen molar-refractivity contribution in [1.29, 1.82) is 0 Å². The van der Waals surface area contributed by atoms with E-state index in [0.717, 1.165) is 25.7 Å². The highest BCUT2D eigenvalue weighted by Crippen LogP contribution is 2.35. The second-order valence-corrected chi connectivity index (χ2v) is 13.1. The first-order valence-corrected chi connectivity index (χ1v) is 19.3.